The van der Waals surface area contributed by atoms with E-state index >= 15 is 4.39 Å². The van der Waals surface area contributed by atoms with E-state index in [0.29, 0.717) is 41.5 Å². The number of pyridine rings is 2. The number of hydrogen-bond acceptors (Lipinski definition) is 11. The largest absolute Gasteiger partial charge is 0.480 e. The van der Waals surface area contributed by atoms with Crippen molar-refractivity contribution in [2.24, 2.45) is 0 Å². The van der Waals surface area contributed by atoms with Crippen LogP contribution in [0.2, 0.25) is 5.02 Å². The molecule has 16 heteroatoms. The molecule has 62 heavy (non-hydrogen) atoms. The number of halogens is 3. The maximum atomic E-state index is 15.1. The predicted octanol–water partition coefficient (Wildman–Crippen LogP) is 9.06. The zero-order valence-corrected chi connectivity index (χ0v) is 34.0. The lowest BCUT2D eigenvalue weighted by Crippen LogP contribution is -2.36. The summed E-state index contributed by atoms with van der Waals surface area (Å²) >= 11 is 6.30. The minimum absolute atomic E-state index is 0.0688. The van der Waals surface area contributed by atoms with Crippen LogP contribution in [0.4, 0.5) is 14.5 Å². The van der Waals surface area contributed by atoms with Crippen LogP contribution in [0.3, 0.4) is 0 Å². The Morgan fingerprint density at radius 3 is 2.37 bits per heavy atom. The molecule has 3 N–H and O–H groups in total. The minimum atomic E-state index is -1.22. The number of fused-ring (bicyclic) bond motifs is 8. The first-order valence-electron chi connectivity index (χ1n) is 19.7. The number of aliphatic hydroxyl groups excluding tert-OH is 1. The SMILES string of the molecule is COc1ccc([C@@H](O)c2cc(-c3ncnc4cc(N5CCOCC5)ccc34)c(F)cc2Cl)nn1.Cc1[nH]c2ccc(F)cc2c1-c1nc2c3cccnc3c3ncccc3c2[nH]1. The molecule has 4 aromatic carbocycles. The number of aryl methyl sites for hydroxylation is 1. The molecule has 0 spiro atoms. The molecule has 13 nitrogen and oxygen atoms in total. The highest BCUT2D eigenvalue weighted by Gasteiger charge is 2.23. The second-order valence-corrected chi connectivity index (χ2v) is 15.1. The predicted molar refractivity (Wildman–Crippen MR) is 234 cm³/mol. The van der Waals surface area contributed by atoms with Gasteiger partial charge in [-0.1, -0.05) is 11.6 Å². The molecule has 1 aliphatic heterocycles. The van der Waals surface area contributed by atoms with E-state index in [4.69, 9.17) is 26.1 Å². The van der Waals surface area contributed by atoms with Crippen LogP contribution in [0.1, 0.15) is 23.1 Å². The van der Waals surface area contributed by atoms with Gasteiger partial charge >= 0.3 is 0 Å². The summed E-state index contributed by atoms with van der Waals surface area (Å²) in [5.74, 6) is 0.184. The summed E-state index contributed by atoms with van der Waals surface area (Å²) in [5.41, 5.74) is 8.94. The first kappa shape index (κ1) is 39.0. The molecule has 10 aromatic rings. The molecule has 0 aliphatic carbocycles. The van der Waals surface area contributed by atoms with Crippen LogP contribution in [0.15, 0.2) is 104 Å². The van der Waals surface area contributed by atoms with Gasteiger partial charge in [-0.15, -0.1) is 10.2 Å². The molecule has 6 aromatic heterocycles. The van der Waals surface area contributed by atoms with Crippen molar-refractivity contribution in [1.82, 2.24) is 45.1 Å². The Morgan fingerprint density at radius 1 is 0.806 bits per heavy atom. The summed E-state index contributed by atoms with van der Waals surface area (Å²) in [6.45, 7) is 4.91. The third-order valence-corrected chi connectivity index (χ3v) is 11.4. The van der Waals surface area contributed by atoms with Crippen molar-refractivity contribution in [3.8, 4) is 28.5 Å². The van der Waals surface area contributed by atoms with Gasteiger partial charge in [-0.2, -0.15) is 0 Å². The van der Waals surface area contributed by atoms with Gasteiger partial charge in [0.05, 0.1) is 59.3 Å². The molecule has 11 rings (SSSR count). The van der Waals surface area contributed by atoms with Crippen LogP contribution in [0.5, 0.6) is 5.88 Å². The Morgan fingerprint density at radius 2 is 1.60 bits per heavy atom. The number of aromatic amines is 2. The van der Waals surface area contributed by atoms with Gasteiger partial charge in [0.25, 0.3) is 0 Å². The summed E-state index contributed by atoms with van der Waals surface area (Å²) in [6.07, 6.45) is 3.72. The molecule has 308 valence electrons. The quantitative estimate of drug-likeness (QED) is 0.137. The molecule has 1 saturated heterocycles. The molecule has 0 radical (unpaired) electrons. The van der Waals surface area contributed by atoms with E-state index in [2.05, 4.69) is 45.0 Å². The third kappa shape index (κ3) is 6.95. The number of methoxy groups -OCH3 is 1. The minimum Gasteiger partial charge on any atom is -0.480 e. The number of H-pyrrole nitrogens is 2. The standard InChI is InChI=1S/C24H21ClFN5O3.C22H14FN5/c1-33-22-5-4-20(29-30-22)24(32)16-11-17(19(26)12-18(16)25)23-15-3-2-14(10-21(15)27-13-28-23)31-6-8-34-9-7-31;1-11-17(15-10-12(23)6-7-16(15)26-11)22-27-20-13-4-2-8-24-18(13)19-14(21(20)28-22)5-3-9-25-19/h2-5,10-13,24,32H,6-9H2,1H3;2-10,26H,1H3,(H,27,28)/t24-;/m0./s1. The van der Waals surface area contributed by atoms with Gasteiger partial charge in [-0.05, 0) is 85.8 Å². The maximum absolute atomic E-state index is 15.1. The zero-order chi connectivity index (χ0) is 42.5. The number of aromatic nitrogens is 9. The van der Waals surface area contributed by atoms with E-state index in [1.807, 2.05) is 49.4 Å². The van der Waals surface area contributed by atoms with Gasteiger partial charge in [-0.25, -0.2) is 23.7 Å². The lowest BCUT2D eigenvalue weighted by Gasteiger charge is -2.29. The lowest BCUT2D eigenvalue weighted by atomic mass is 9.99. The molecule has 7 heterocycles. The van der Waals surface area contributed by atoms with Crippen LogP contribution in [0.25, 0.3) is 77.3 Å². The average Bonchev–Trinajstić information content (AvgIpc) is 3.89. The van der Waals surface area contributed by atoms with Crippen molar-refractivity contribution >= 4 is 71.9 Å². The summed E-state index contributed by atoms with van der Waals surface area (Å²) in [5, 5.41) is 22.2. The fourth-order valence-corrected chi connectivity index (χ4v) is 8.30. The molecular weight excluding hydrogens is 814 g/mol. The Labute approximate surface area is 356 Å². The summed E-state index contributed by atoms with van der Waals surface area (Å²) in [6, 6.07) is 24.2. The van der Waals surface area contributed by atoms with Crippen molar-refractivity contribution in [2.75, 3.05) is 38.3 Å². The second kappa shape index (κ2) is 16.0. The summed E-state index contributed by atoms with van der Waals surface area (Å²) in [7, 11) is 1.47. The molecule has 0 amide bonds. The molecular formula is C46H35ClF2N10O3. The van der Waals surface area contributed by atoms with E-state index in [-0.39, 0.29) is 27.7 Å². The number of rotatable bonds is 6. The molecule has 0 bridgehead atoms. The van der Waals surface area contributed by atoms with Crippen LogP contribution in [0, 0.1) is 18.6 Å². The monoisotopic (exact) mass is 848 g/mol. The molecule has 0 unspecified atom stereocenters. The first-order valence-corrected chi connectivity index (χ1v) is 20.1. The number of aliphatic hydroxyl groups is 1. The van der Waals surface area contributed by atoms with E-state index < -0.39 is 11.9 Å². The van der Waals surface area contributed by atoms with E-state index in [1.54, 1.807) is 36.7 Å². The van der Waals surface area contributed by atoms with Gasteiger partial charge in [-0.3, -0.25) is 9.97 Å². The molecule has 1 fully saturated rings. The number of hydrogen-bond donors (Lipinski definition) is 3. The number of anilines is 1. The maximum Gasteiger partial charge on any atom is 0.233 e. The third-order valence-electron chi connectivity index (χ3n) is 11.0. The summed E-state index contributed by atoms with van der Waals surface area (Å²) < 4.78 is 39.4. The first-order chi connectivity index (χ1) is 30.2. The number of ether oxygens (including phenoxy) is 2. The second-order valence-electron chi connectivity index (χ2n) is 14.7. The Bertz CT molecular complexity index is 3250. The van der Waals surface area contributed by atoms with Gasteiger partial charge in [0.1, 0.15) is 29.9 Å². The van der Waals surface area contributed by atoms with Crippen LogP contribution in [-0.4, -0.2) is 83.6 Å². The van der Waals surface area contributed by atoms with Gasteiger partial charge in [0, 0.05) is 91.7 Å². The number of nitrogens with one attached hydrogen (secondary N) is 2. The Kier molecular flexibility index (Phi) is 10.1. The Hall–Kier alpha value is -7.20. The fraction of sp³-hybridized carbons (Fsp3) is 0.152. The van der Waals surface area contributed by atoms with Gasteiger partial charge < -0.3 is 29.4 Å². The molecule has 1 aliphatic rings. The van der Waals surface area contributed by atoms with Crippen molar-refractivity contribution in [3.63, 3.8) is 0 Å². The smallest absolute Gasteiger partial charge is 0.233 e. The van der Waals surface area contributed by atoms with Crippen molar-refractivity contribution < 1.29 is 23.4 Å². The number of morpholine rings is 1. The topological polar surface area (TPSA) is 164 Å². The highest BCUT2D eigenvalue weighted by atomic mass is 35.5. The number of nitrogens with zero attached hydrogens (tertiary/aromatic N) is 8. The van der Waals surface area contributed by atoms with Crippen LogP contribution in [-0.2, 0) is 4.74 Å². The summed E-state index contributed by atoms with van der Waals surface area (Å²) in [4.78, 5) is 31.7. The zero-order valence-electron chi connectivity index (χ0n) is 33.2. The van der Waals surface area contributed by atoms with Gasteiger partial charge in [0.2, 0.25) is 5.88 Å². The van der Waals surface area contributed by atoms with Crippen molar-refractivity contribution in [1.29, 1.82) is 0 Å². The average molecular weight is 849 g/mol. The lowest BCUT2D eigenvalue weighted by molar-refractivity contribution is 0.122. The number of imidazole rings is 1. The Balaban J connectivity index is 0.000000150. The fourth-order valence-electron chi connectivity index (χ4n) is 8.05. The highest BCUT2D eigenvalue weighted by Crippen LogP contribution is 2.38. The highest BCUT2D eigenvalue weighted by molar-refractivity contribution is 6.31. The number of benzene rings is 4. The molecule has 1 atom stereocenters. The van der Waals surface area contributed by atoms with Crippen molar-refractivity contribution in [3.05, 3.63) is 137 Å². The van der Waals surface area contributed by atoms with Crippen LogP contribution < -0.4 is 9.64 Å². The van der Waals surface area contributed by atoms with Crippen molar-refractivity contribution in [2.45, 2.75) is 13.0 Å². The van der Waals surface area contributed by atoms with Gasteiger partial charge in [0.15, 0.2) is 0 Å². The van der Waals surface area contributed by atoms with E-state index in [9.17, 15) is 9.50 Å². The van der Waals surface area contributed by atoms with E-state index in [0.717, 1.165) is 73.8 Å². The normalized spacial score (nSPS) is 13.5. The van der Waals surface area contributed by atoms with Crippen LogP contribution >= 0.6 is 11.6 Å². The van der Waals surface area contributed by atoms with E-state index in [1.165, 1.54) is 31.6 Å². The molecule has 0 saturated carbocycles.